The van der Waals surface area contributed by atoms with Crippen molar-refractivity contribution in [1.82, 2.24) is 0 Å². The molecule has 0 aromatic rings. The number of carbonyl (C=O) groups excluding carboxylic acids is 1. The molecule has 0 radical (unpaired) electrons. The molecular weight excluding hydrogens is 112 g/mol. The van der Waals surface area contributed by atoms with Gasteiger partial charge in [0, 0.05) is 5.92 Å². The van der Waals surface area contributed by atoms with Crippen molar-refractivity contribution in [2.75, 3.05) is 0 Å². The van der Waals surface area contributed by atoms with Crippen LogP contribution in [0.2, 0.25) is 0 Å². The van der Waals surface area contributed by atoms with Gasteiger partial charge in [-0.05, 0) is 5.92 Å². The minimum atomic E-state index is 0.241. The second kappa shape index (κ2) is 4.54. The highest BCUT2D eigenvalue weighted by Gasteiger charge is 2.08. The third kappa shape index (κ3) is 3.28. The quantitative estimate of drug-likeness (QED) is 0.531. The summed E-state index contributed by atoms with van der Waals surface area (Å²) in [4.78, 5) is 10.2. The molecule has 9 heavy (non-hydrogen) atoms. The summed E-state index contributed by atoms with van der Waals surface area (Å²) in [6.07, 6.45) is 3.39. The molecule has 0 bridgehead atoms. The largest absolute Gasteiger partial charge is 0.303 e. The average molecular weight is 128 g/mol. The van der Waals surface area contributed by atoms with Crippen molar-refractivity contribution in [2.24, 2.45) is 11.8 Å². The fourth-order valence-corrected chi connectivity index (χ4v) is 0.852. The lowest BCUT2D eigenvalue weighted by molar-refractivity contribution is -0.111. The van der Waals surface area contributed by atoms with Gasteiger partial charge in [-0.3, -0.25) is 0 Å². The molecule has 0 saturated heterocycles. The summed E-state index contributed by atoms with van der Waals surface area (Å²) in [6.45, 7) is 6.25. The fourth-order valence-electron chi connectivity index (χ4n) is 0.852. The lowest BCUT2D eigenvalue weighted by Gasteiger charge is -2.11. The highest BCUT2D eigenvalue weighted by molar-refractivity contribution is 5.53. The number of rotatable bonds is 4. The van der Waals surface area contributed by atoms with E-state index in [9.17, 15) is 4.79 Å². The molecule has 54 valence electrons. The van der Waals surface area contributed by atoms with Crippen LogP contribution in [-0.4, -0.2) is 6.29 Å². The van der Waals surface area contributed by atoms with E-state index < -0.39 is 0 Å². The van der Waals surface area contributed by atoms with Crippen LogP contribution in [0.15, 0.2) is 0 Å². The third-order valence-electron chi connectivity index (χ3n) is 1.86. The van der Waals surface area contributed by atoms with Crippen LogP contribution in [0.1, 0.15) is 33.6 Å². The minimum Gasteiger partial charge on any atom is -0.303 e. The molecule has 0 fully saturated rings. The molecule has 0 amide bonds. The Kier molecular flexibility index (Phi) is 4.37. The molecule has 0 N–H and O–H groups in total. The first-order chi connectivity index (χ1) is 4.22. The van der Waals surface area contributed by atoms with Crippen LogP contribution < -0.4 is 0 Å². The number of aldehydes is 1. The minimum absolute atomic E-state index is 0.241. The first-order valence-corrected chi connectivity index (χ1v) is 3.67. The van der Waals surface area contributed by atoms with Crippen molar-refractivity contribution in [3.63, 3.8) is 0 Å². The molecule has 0 aromatic carbocycles. The van der Waals surface area contributed by atoms with E-state index in [1.54, 1.807) is 0 Å². The Morgan fingerprint density at radius 2 is 2.00 bits per heavy atom. The van der Waals surface area contributed by atoms with E-state index >= 15 is 0 Å². The Morgan fingerprint density at radius 3 is 2.33 bits per heavy atom. The molecule has 0 aliphatic heterocycles. The van der Waals surface area contributed by atoms with Crippen molar-refractivity contribution in [3.05, 3.63) is 0 Å². The zero-order valence-electron chi connectivity index (χ0n) is 6.55. The van der Waals surface area contributed by atoms with Crippen LogP contribution in [0.4, 0.5) is 0 Å². The molecule has 0 aromatic heterocycles. The van der Waals surface area contributed by atoms with Gasteiger partial charge in [-0.25, -0.2) is 0 Å². The van der Waals surface area contributed by atoms with E-state index in [-0.39, 0.29) is 5.92 Å². The second-order valence-corrected chi connectivity index (χ2v) is 2.76. The van der Waals surface area contributed by atoms with Gasteiger partial charge in [0.15, 0.2) is 0 Å². The molecule has 0 saturated carbocycles. The maximum atomic E-state index is 10.2. The van der Waals surface area contributed by atoms with Crippen LogP contribution in [-0.2, 0) is 4.79 Å². The van der Waals surface area contributed by atoms with Gasteiger partial charge in [0.2, 0.25) is 0 Å². The van der Waals surface area contributed by atoms with E-state index in [0.29, 0.717) is 5.92 Å². The SMILES string of the molecule is CCC[C@@H](C)[C@@H](C)C=O. The molecule has 0 unspecified atom stereocenters. The molecule has 1 nitrogen and oxygen atoms in total. The van der Waals surface area contributed by atoms with Crippen molar-refractivity contribution >= 4 is 6.29 Å². The molecule has 0 aliphatic rings. The molecule has 0 spiro atoms. The smallest absolute Gasteiger partial charge is 0.123 e. The predicted octanol–water partition coefficient (Wildman–Crippen LogP) is 2.26. The number of carbonyl (C=O) groups is 1. The van der Waals surface area contributed by atoms with Crippen LogP contribution >= 0.6 is 0 Å². The van der Waals surface area contributed by atoms with E-state index in [1.807, 2.05) is 6.92 Å². The Morgan fingerprint density at radius 1 is 1.44 bits per heavy atom. The lowest BCUT2D eigenvalue weighted by atomic mass is 9.93. The van der Waals surface area contributed by atoms with Gasteiger partial charge in [0.1, 0.15) is 6.29 Å². The monoisotopic (exact) mass is 128 g/mol. The molecular formula is C8H16O. The van der Waals surface area contributed by atoms with E-state index in [4.69, 9.17) is 0 Å². The maximum Gasteiger partial charge on any atom is 0.123 e. The molecule has 0 aliphatic carbocycles. The summed E-state index contributed by atoms with van der Waals surface area (Å²) in [7, 11) is 0. The van der Waals surface area contributed by atoms with Gasteiger partial charge < -0.3 is 4.79 Å². The second-order valence-electron chi connectivity index (χ2n) is 2.76. The highest BCUT2D eigenvalue weighted by Crippen LogP contribution is 2.13. The van der Waals surface area contributed by atoms with Crippen molar-refractivity contribution in [2.45, 2.75) is 33.6 Å². The molecule has 2 atom stereocenters. The summed E-state index contributed by atoms with van der Waals surface area (Å²) in [5, 5.41) is 0. The lowest BCUT2D eigenvalue weighted by Crippen LogP contribution is -2.08. The van der Waals surface area contributed by atoms with E-state index in [2.05, 4.69) is 13.8 Å². The van der Waals surface area contributed by atoms with Crippen LogP contribution in [0.25, 0.3) is 0 Å². The zero-order valence-corrected chi connectivity index (χ0v) is 6.55. The van der Waals surface area contributed by atoms with Crippen molar-refractivity contribution in [3.8, 4) is 0 Å². The van der Waals surface area contributed by atoms with Gasteiger partial charge in [-0.1, -0.05) is 33.6 Å². The van der Waals surface area contributed by atoms with Crippen molar-refractivity contribution < 1.29 is 4.79 Å². The number of hydrogen-bond acceptors (Lipinski definition) is 1. The Balaban J connectivity index is 3.44. The molecule has 0 rings (SSSR count). The molecule has 1 heteroatoms. The Bertz CT molecular complexity index is 78.6. The Hall–Kier alpha value is -0.330. The van der Waals surface area contributed by atoms with E-state index in [0.717, 1.165) is 6.29 Å². The van der Waals surface area contributed by atoms with Crippen LogP contribution in [0.3, 0.4) is 0 Å². The summed E-state index contributed by atoms with van der Waals surface area (Å²) in [6, 6.07) is 0. The number of hydrogen-bond donors (Lipinski definition) is 0. The third-order valence-corrected chi connectivity index (χ3v) is 1.86. The summed E-state index contributed by atoms with van der Waals surface area (Å²) < 4.78 is 0. The van der Waals surface area contributed by atoms with Gasteiger partial charge in [-0.15, -0.1) is 0 Å². The normalized spacial score (nSPS) is 16.8. The standard InChI is InChI=1S/C8H16O/c1-4-5-7(2)8(3)6-9/h6-8H,4-5H2,1-3H3/t7-,8+/m1/s1. The highest BCUT2D eigenvalue weighted by atomic mass is 16.1. The van der Waals surface area contributed by atoms with Gasteiger partial charge in [0.05, 0.1) is 0 Å². The van der Waals surface area contributed by atoms with Gasteiger partial charge >= 0.3 is 0 Å². The fraction of sp³-hybridized carbons (Fsp3) is 0.875. The van der Waals surface area contributed by atoms with E-state index in [1.165, 1.54) is 12.8 Å². The topological polar surface area (TPSA) is 17.1 Å². The molecule has 0 heterocycles. The van der Waals surface area contributed by atoms with Gasteiger partial charge in [0.25, 0.3) is 0 Å². The predicted molar refractivity (Wildman–Crippen MR) is 39.3 cm³/mol. The first kappa shape index (κ1) is 8.67. The van der Waals surface area contributed by atoms with Crippen molar-refractivity contribution in [1.29, 1.82) is 0 Å². The average Bonchev–Trinajstić information content (AvgIpc) is 1.87. The zero-order chi connectivity index (χ0) is 7.28. The Labute approximate surface area is 57.5 Å². The van der Waals surface area contributed by atoms with Crippen LogP contribution in [0.5, 0.6) is 0 Å². The summed E-state index contributed by atoms with van der Waals surface area (Å²) in [5.74, 6) is 0.803. The van der Waals surface area contributed by atoms with Crippen LogP contribution in [0, 0.1) is 11.8 Å². The maximum absolute atomic E-state index is 10.2. The summed E-state index contributed by atoms with van der Waals surface area (Å²) in [5.41, 5.74) is 0. The van der Waals surface area contributed by atoms with Gasteiger partial charge in [-0.2, -0.15) is 0 Å². The first-order valence-electron chi connectivity index (χ1n) is 3.67. The summed E-state index contributed by atoms with van der Waals surface area (Å²) >= 11 is 0.